The number of benzene rings is 1. The predicted octanol–water partition coefficient (Wildman–Crippen LogP) is 2.32. The second-order valence-electron chi connectivity index (χ2n) is 7.80. The monoisotopic (exact) mass is 404 g/mol. The van der Waals surface area contributed by atoms with Crippen molar-refractivity contribution in [1.82, 2.24) is 25.3 Å². The van der Waals surface area contributed by atoms with Gasteiger partial charge in [-0.2, -0.15) is 0 Å². The maximum Gasteiger partial charge on any atom is 0.253 e. The van der Waals surface area contributed by atoms with Crippen LogP contribution in [0.1, 0.15) is 41.2 Å². The highest BCUT2D eigenvalue weighted by Crippen LogP contribution is 2.27. The van der Waals surface area contributed by atoms with Gasteiger partial charge in [0.25, 0.3) is 5.91 Å². The van der Waals surface area contributed by atoms with Gasteiger partial charge in [-0.05, 0) is 37.5 Å². The van der Waals surface area contributed by atoms with Crippen LogP contribution in [0.2, 0.25) is 0 Å². The van der Waals surface area contributed by atoms with E-state index in [0.29, 0.717) is 23.5 Å². The van der Waals surface area contributed by atoms with Crippen molar-refractivity contribution in [3.05, 3.63) is 54.1 Å². The highest BCUT2D eigenvalue weighted by molar-refractivity contribution is 6.04. The molecule has 0 spiro atoms. The average Bonchev–Trinajstić information content (AvgIpc) is 3.28. The first-order valence-electron chi connectivity index (χ1n) is 10.4. The van der Waals surface area contributed by atoms with Crippen molar-refractivity contribution < 1.29 is 9.53 Å². The zero-order chi connectivity index (χ0) is 20.3. The molecule has 8 nitrogen and oxygen atoms in total. The van der Waals surface area contributed by atoms with Gasteiger partial charge in [-0.3, -0.25) is 14.8 Å². The van der Waals surface area contributed by atoms with Crippen LogP contribution in [0.15, 0.2) is 42.9 Å². The quantitative estimate of drug-likeness (QED) is 0.713. The van der Waals surface area contributed by atoms with Gasteiger partial charge >= 0.3 is 0 Å². The molecule has 1 unspecified atom stereocenters. The number of rotatable bonds is 4. The lowest BCUT2D eigenvalue weighted by molar-refractivity contribution is 0.0845. The van der Waals surface area contributed by atoms with Crippen LogP contribution in [0.25, 0.3) is 11.0 Å². The Morgan fingerprint density at radius 1 is 1.03 bits per heavy atom. The Morgan fingerprint density at radius 3 is 2.80 bits per heavy atom. The molecule has 3 aromatic rings. The molecule has 2 fully saturated rings. The van der Waals surface area contributed by atoms with Crippen LogP contribution in [0.5, 0.6) is 0 Å². The van der Waals surface area contributed by atoms with E-state index >= 15 is 0 Å². The molecule has 0 bridgehead atoms. The van der Waals surface area contributed by atoms with Crippen LogP contribution in [0.3, 0.4) is 0 Å². The minimum atomic E-state index is -0.121. The molecule has 1 atom stereocenters. The molecular formula is C22H24N6O2. The summed E-state index contributed by atoms with van der Waals surface area (Å²) < 4.78 is 5.46. The molecule has 2 aliphatic heterocycles. The summed E-state index contributed by atoms with van der Waals surface area (Å²) in [6, 6.07) is 7.54. The van der Waals surface area contributed by atoms with Gasteiger partial charge in [-0.1, -0.05) is 6.07 Å². The third-order valence-corrected chi connectivity index (χ3v) is 5.85. The van der Waals surface area contributed by atoms with Crippen LogP contribution < -0.4 is 10.2 Å². The number of fused-ring (bicyclic) bond motifs is 1. The number of para-hydroxylation sites is 1. The fourth-order valence-corrected chi connectivity index (χ4v) is 4.23. The largest absolute Gasteiger partial charge is 0.381 e. The number of aromatic nitrogens is 4. The number of ether oxygens (including phenoxy) is 1. The van der Waals surface area contributed by atoms with E-state index < -0.39 is 0 Å². The number of anilines is 1. The first-order chi connectivity index (χ1) is 14.8. The third kappa shape index (κ3) is 3.82. The molecule has 0 radical (unpaired) electrons. The summed E-state index contributed by atoms with van der Waals surface area (Å²) in [5.41, 5.74) is 2.98. The number of amides is 1. The summed E-state index contributed by atoms with van der Waals surface area (Å²) in [7, 11) is 0. The Balaban J connectivity index is 1.26. The molecule has 1 aromatic carbocycles. The van der Waals surface area contributed by atoms with Gasteiger partial charge in [-0.25, -0.2) is 9.97 Å². The van der Waals surface area contributed by atoms with E-state index in [2.05, 4.69) is 25.2 Å². The molecule has 5 rings (SSSR count). The van der Waals surface area contributed by atoms with Crippen molar-refractivity contribution in [3.8, 4) is 0 Å². The fourth-order valence-electron chi connectivity index (χ4n) is 4.23. The standard InChI is InChI=1S/C22H24N6O2/c29-21(17-2-1-3-19-20(17)24-10-9-23-19)26-16-5-11-28(14-16)22-25-8-4-18(27-22)15-6-12-30-13-7-15/h1-4,8-10,15-16H,5-7,11-14H2,(H,26,29). The minimum Gasteiger partial charge on any atom is -0.381 e. The first-order valence-corrected chi connectivity index (χ1v) is 10.4. The summed E-state index contributed by atoms with van der Waals surface area (Å²) in [5, 5.41) is 3.14. The maximum absolute atomic E-state index is 12.9. The number of carbonyl (C=O) groups excluding carboxylic acids is 1. The molecule has 1 amide bonds. The summed E-state index contributed by atoms with van der Waals surface area (Å²) in [6.45, 7) is 3.09. The number of hydrogen-bond donors (Lipinski definition) is 1. The van der Waals surface area contributed by atoms with Gasteiger partial charge in [-0.15, -0.1) is 0 Å². The Hall–Kier alpha value is -3.13. The average molecular weight is 404 g/mol. The molecule has 2 aromatic heterocycles. The van der Waals surface area contributed by atoms with Crippen LogP contribution in [-0.4, -0.2) is 58.2 Å². The van der Waals surface area contributed by atoms with E-state index in [1.165, 1.54) is 0 Å². The fraction of sp³-hybridized carbons (Fsp3) is 0.409. The van der Waals surface area contributed by atoms with Crippen molar-refractivity contribution in [2.24, 2.45) is 0 Å². The zero-order valence-electron chi connectivity index (χ0n) is 16.7. The molecule has 154 valence electrons. The maximum atomic E-state index is 12.9. The third-order valence-electron chi connectivity index (χ3n) is 5.85. The van der Waals surface area contributed by atoms with Crippen molar-refractivity contribution >= 4 is 22.9 Å². The topological polar surface area (TPSA) is 93.1 Å². The summed E-state index contributed by atoms with van der Waals surface area (Å²) in [5.74, 6) is 1.06. The van der Waals surface area contributed by atoms with Gasteiger partial charge in [0.2, 0.25) is 5.95 Å². The van der Waals surface area contributed by atoms with Crippen LogP contribution in [0, 0.1) is 0 Å². The Morgan fingerprint density at radius 2 is 1.90 bits per heavy atom. The summed E-state index contributed by atoms with van der Waals surface area (Å²) in [4.78, 5) is 32.9. The van der Waals surface area contributed by atoms with Crippen molar-refractivity contribution in [3.63, 3.8) is 0 Å². The molecule has 1 N–H and O–H groups in total. The van der Waals surface area contributed by atoms with E-state index in [-0.39, 0.29) is 11.9 Å². The van der Waals surface area contributed by atoms with E-state index in [1.807, 2.05) is 24.4 Å². The van der Waals surface area contributed by atoms with Gasteiger partial charge in [0, 0.05) is 62.5 Å². The van der Waals surface area contributed by atoms with Gasteiger partial charge < -0.3 is 15.0 Å². The Kier molecular flexibility index (Phi) is 5.23. The highest BCUT2D eigenvalue weighted by atomic mass is 16.5. The Bertz CT molecular complexity index is 1050. The second-order valence-corrected chi connectivity index (χ2v) is 7.80. The lowest BCUT2D eigenvalue weighted by Gasteiger charge is -2.23. The van der Waals surface area contributed by atoms with E-state index in [0.717, 1.165) is 56.2 Å². The summed E-state index contributed by atoms with van der Waals surface area (Å²) in [6.07, 6.45) is 7.94. The molecule has 0 aliphatic carbocycles. The molecule has 2 saturated heterocycles. The van der Waals surface area contributed by atoms with Crippen molar-refractivity contribution in [2.45, 2.75) is 31.2 Å². The zero-order valence-corrected chi connectivity index (χ0v) is 16.7. The summed E-state index contributed by atoms with van der Waals surface area (Å²) >= 11 is 0. The Labute approximate surface area is 174 Å². The number of carbonyl (C=O) groups is 1. The van der Waals surface area contributed by atoms with Gasteiger partial charge in [0.1, 0.15) is 5.52 Å². The van der Waals surface area contributed by atoms with Crippen molar-refractivity contribution in [2.75, 3.05) is 31.2 Å². The second kappa shape index (κ2) is 8.31. The number of hydrogen-bond acceptors (Lipinski definition) is 7. The van der Waals surface area contributed by atoms with E-state index in [4.69, 9.17) is 9.72 Å². The van der Waals surface area contributed by atoms with Crippen LogP contribution in [0.4, 0.5) is 5.95 Å². The lowest BCUT2D eigenvalue weighted by Crippen LogP contribution is -2.37. The minimum absolute atomic E-state index is 0.0414. The first kappa shape index (κ1) is 18.9. The molecule has 30 heavy (non-hydrogen) atoms. The molecular weight excluding hydrogens is 380 g/mol. The molecule has 8 heteroatoms. The number of nitrogens with zero attached hydrogens (tertiary/aromatic N) is 5. The van der Waals surface area contributed by atoms with E-state index in [1.54, 1.807) is 18.5 Å². The SMILES string of the molecule is O=C(NC1CCN(c2nccc(C3CCOCC3)n2)C1)c1cccc2nccnc12. The lowest BCUT2D eigenvalue weighted by atomic mass is 9.96. The van der Waals surface area contributed by atoms with Crippen molar-refractivity contribution in [1.29, 1.82) is 0 Å². The van der Waals surface area contributed by atoms with Crippen LogP contribution >= 0.6 is 0 Å². The molecule has 2 aliphatic rings. The molecule has 4 heterocycles. The van der Waals surface area contributed by atoms with E-state index in [9.17, 15) is 4.79 Å². The highest BCUT2D eigenvalue weighted by Gasteiger charge is 2.27. The van der Waals surface area contributed by atoms with Gasteiger partial charge in [0.15, 0.2) is 0 Å². The normalized spacial score (nSPS) is 19.9. The predicted molar refractivity (Wildman–Crippen MR) is 112 cm³/mol. The smallest absolute Gasteiger partial charge is 0.253 e. The molecule has 0 saturated carbocycles. The number of nitrogens with one attached hydrogen (secondary N) is 1. The van der Waals surface area contributed by atoms with Gasteiger partial charge in [0.05, 0.1) is 11.1 Å². The van der Waals surface area contributed by atoms with Crippen LogP contribution in [-0.2, 0) is 4.74 Å².